The van der Waals surface area contributed by atoms with Gasteiger partial charge in [0.15, 0.2) is 5.60 Å². The number of hydrogen-bond acceptors (Lipinski definition) is 6. The van der Waals surface area contributed by atoms with Crippen LogP contribution in [0, 0.1) is 13.8 Å². The average Bonchev–Trinajstić information content (AvgIpc) is 3.37. The van der Waals surface area contributed by atoms with Crippen molar-refractivity contribution >= 4 is 49.8 Å². The molecule has 6 nitrogen and oxygen atoms in total. The molecule has 8 heteroatoms. The fourth-order valence-corrected chi connectivity index (χ4v) is 7.45. The van der Waals surface area contributed by atoms with Crippen molar-refractivity contribution in [2.45, 2.75) is 59.0 Å². The summed E-state index contributed by atoms with van der Waals surface area (Å²) in [5.74, 6) is -0.634. The van der Waals surface area contributed by atoms with Gasteiger partial charge in [-0.25, -0.2) is 14.4 Å². The summed E-state index contributed by atoms with van der Waals surface area (Å²) >= 11 is 6.92. The number of halogens is 2. The summed E-state index contributed by atoms with van der Waals surface area (Å²) in [6.45, 7) is 12.0. The average molecular weight is 797 g/mol. The molecule has 1 heterocycles. The van der Waals surface area contributed by atoms with Gasteiger partial charge in [0, 0.05) is 25.6 Å². The maximum absolute atomic E-state index is 13.7. The molecule has 0 N–H and O–H groups in total. The van der Waals surface area contributed by atoms with Gasteiger partial charge in [-0.1, -0.05) is 70.2 Å². The number of benzene rings is 5. The Kier molecular flexibility index (Phi) is 9.89. The van der Waals surface area contributed by atoms with Crippen LogP contribution in [0.3, 0.4) is 0 Å². The zero-order chi connectivity index (χ0) is 35.9. The van der Waals surface area contributed by atoms with E-state index in [0.717, 1.165) is 33.4 Å². The summed E-state index contributed by atoms with van der Waals surface area (Å²) in [4.78, 5) is 40.4. The third-order valence-corrected chi connectivity index (χ3v) is 10.5. The maximum Gasteiger partial charge on any atom is 0.344 e. The fraction of sp³-hybridized carbons (Fsp3) is 0.214. The molecule has 0 radical (unpaired) electrons. The lowest BCUT2D eigenvalue weighted by molar-refractivity contribution is 0.0247. The molecular weight excluding hydrogens is 760 g/mol. The van der Waals surface area contributed by atoms with Crippen LogP contribution < -0.4 is 9.47 Å². The molecule has 0 saturated heterocycles. The van der Waals surface area contributed by atoms with E-state index in [9.17, 15) is 14.4 Å². The van der Waals surface area contributed by atoms with E-state index < -0.39 is 23.5 Å². The molecule has 0 saturated carbocycles. The fourth-order valence-electron chi connectivity index (χ4n) is 6.56. The molecule has 1 aliphatic heterocycles. The van der Waals surface area contributed by atoms with E-state index in [1.165, 1.54) is 0 Å². The van der Waals surface area contributed by atoms with E-state index in [0.29, 0.717) is 42.7 Å². The number of hydrogen-bond donors (Lipinski definition) is 0. The highest BCUT2D eigenvalue weighted by Crippen LogP contribution is 2.51. The second-order valence-electron chi connectivity index (χ2n) is 13.1. The smallest absolute Gasteiger partial charge is 0.344 e. The third-order valence-electron chi connectivity index (χ3n) is 9.08. The molecule has 0 fully saturated rings. The Morgan fingerprint density at radius 3 is 1.48 bits per heavy atom. The van der Waals surface area contributed by atoms with Crippen LogP contribution in [0.2, 0.25) is 0 Å². The molecule has 0 spiro atoms. The minimum absolute atomic E-state index is 0.0489. The number of cyclic esters (lactones) is 1. The lowest BCUT2D eigenvalue weighted by atomic mass is 9.74. The van der Waals surface area contributed by atoms with Gasteiger partial charge in [0.1, 0.15) is 11.5 Å². The minimum atomic E-state index is -1.34. The van der Waals surface area contributed by atoms with Crippen LogP contribution in [0.1, 0.15) is 110 Å². The highest BCUT2D eigenvalue weighted by Gasteiger charge is 2.50. The summed E-state index contributed by atoms with van der Waals surface area (Å²) in [7, 11) is 0. The first-order valence-electron chi connectivity index (χ1n) is 16.4. The number of carbonyl (C=O) groups excluding carboxylic acids is 3. The predicted molar refractivity (Wildman–Crippen MR) is 200 cm³/mol. The van der Waals surface area contributed by atoms with Crippen LogP contribution >= 0.6 is 31.9 Å². The highest BCUT2D eigenvalue weighted by molar-refractivity contribution is 9.10. The van der Waals surface area contributed by atoms with Crippen LogP contribution in [0.25, 0.3) is 0 Å². The summed E-state index contributed by atoms with van der Waals surface area (Å²) in [6, 6.07) is 29.4. The maximum atomic E-state index is 13.7. The van der Waals surface area contributed by atoms with Gasteiger partial charge in [0.25, 0.3) is 0 Å². The van der Waals surface area contributed by atoms with Crippen LogP contribution in [0.4, 0.5) is 0 Å². The number of ether oxygens (including phenoxy) is 3. The molecule has 50 heavy (non-hydrogen) atoms. The Hall–Kier alpha value is -4.53. The van der Waals surface area contributed by atoms with Gasteiger partial charge in [-0.2, -0.15) is 0 Å². The van der Waals surface area contributed by atoms with E-state index in [1.807, 2.05) is 96.1 Å². The Bertz CT molecular complexity index is 2050. The highest BCUT2D eigenvalue weighted by atomic mass is 79.9. The standard InChI is InChI=1S/C42H36Br2O6/c1-23(2)30-21-33(25(5)19-37(30)48-39(45)28-14-8-11-17-35(28)43)42(32-16-10-7-13-27(32)41(47)50-42)34-22-31(24(3)4)38(20-26(34)6)49-40(46)29-15-9-12-18-36(29)44/h7-24H,1-6H3. The van der Waals surface area contributed by atoms with Crippen molar-refractivity contribution in [2.24, 2.45) is 0 Å². The lowest BCUT2D eigenvalue weighted by Gasteiger charge is -2.34. The molecule has 0 unspecified atom stereocenters. The van der Waals surface area contributed by atoms with Gasteiger partial charge in [0.2, 0.25) is 0 Å². The Labute approximate surface area is 309 Å². The second-order valence-corrected chi connectivity index (χ2v) is 14.8. The van der Waals surface area contributed by atoms with Crippen molar-refractivity contribution in [3.05, 3.63) is 162 Å². The van der Waals surface area contributed by atoms with Crippen molar-refractivity contribution in [3.63, 3.8) is 0 Å². The monoisotopic (exact) mass is 794 g/mol. The van der Waals surface area contributed by atoms with Crippen molar-refractivity contribution in [1.29, 1.82) is 0 Å². The molecule has 5 aromatic rings. The number of esters is 3. The Morgan fingerprint density at radius 2 is 1.04 bits per heavy atom. The first-order valence-corrected chi connectivity index (χ1v) is 18.0. The zero-order valence-electron chi connectivity index (χ0n) is 28.6. The first-order chi connectivity index (χ1) is 23.8. The van der Waals surface area contributed by atoms with E-state index in [2.05, 4.69) is 31.9 Å². The molecule has 0 aromatic heterocycles. The quantitative estimate of drug-likeness (QED) is 0.115. The first kappa shape index (κ1) is 35.3. The van der Waals surface area contributed by atoms with Crippen LogP contribution in [-0.4, -0.2) is 17.9 Å². The van der Waals surface area contributed by atoms with E-state index >= 15 is 0 Å². The predicted octanol–water partition coefficient (Wildman–Crippen LogP) is 11.0. The van der Waals surface area contributed by atoms with E-state index in [4.69, 9.17) is 14.2 Å². The number of fused-ring (bicyclic) bond motifs is 1. The Morgan fingerprint density at radius 1 is 0.620 bits per heavy atom. The number of carbonyl (C=O) groups is 3. The topological polar surface area (TPSA) is 78.9 Å². The minimum Gasteiger partial charge on any atom is -0.441 e. The molecule has 0 amide bonds. The zero-order valence-corrected chi connectivity index (χ0v) is 31.8. The van der Waals surface area contributed by atoms with Gasteiger partial charge in [-0.3, -0.25) is 0 Å². The Balaban J connectivity index is 1.54. The molecule has 1 aliphatic rings. The SMILES string of the molecule is Cc1cc(OC(=O)c2ccccc2Br)c(C(C)C)cc1C1(c2cc(C(C)C)c(OC(=O)c3ccccc3Br)cc2C)OC(=O)c2ccccc21. The van der Waals surface area contributed by atoms with Crippen molar-refractivity contribution in [2.75, 3.05) is 0 Å². The lowest BCUT2D eigenvalue weighted by Crippen LogP contribution is -2.32. The summed E-state index contributed by atoms with van der Waals surface area (Å²) in [6.07, 6.45) is 0. The summed E-state index contributed by atoms with van der Waals surface area (Å²) < 4.78 is 19.9. The van der Waals surface area contributed by atoms with Crippen LogP contribution in [0.15, 0.2) is 106 Å². The largest absolute Gasteiger partial charge is 0.441 e. The van der Waals surface area contributed by atoms with Gasteiger partial charge in [-0.05, 0) is 134 Å². The van der Waals surface area contributed by atoms with Gasteiger partial charge < -0.3 is 14.2 Å². The van der Waals surface area contributed by atoms with Crippen LogP contribution in [-0.2, 0) is 10.3 Å². The van der Waals surface area contributed by atoms with Crippen molar-refractivity contribution < 1.29 is 28.6 Å². The molecule has 0 atom stereocenters. The summed E-state index contributed by atoms with van der Waals surface area (Å²) in [5.41, 5.74) is 5.25. The molecule has 0 bridgehead atoms. The molecule has 0 aliphatic carbocycles. The van der Waals surface area contributed by atoms with E-state index in [-0.39, 0.29) is 11.8 Å². The molecule has 5 aromatic carbocycles. The van der Waals surface area contributed by atoms with E-state index in [1.54, 1.807) is 42.5 Å². The van der Waals surface area contributed by atoms with Crippen LogP contribution in [0.5, 0.6) is 11.5 Å². The van der Waals surface area contributed by atoms with Gasteiger partial charge in [-0.15, -0.1) is 0 Å². The second kappa shape index (κ2) is 14.0. The van der Waals surface area contributed by atoms with Gasteiger partial charge >= 0.3 is 17.9 Å². The van der Waals surface area contributed by atoms with Crippen molar-refractivity contribution in [3.8, 4) is 11.5 Å². The normalized spacial score (nSPS) is 13.3. The van der Waals surface area contributed by atoms with Crippen molar-refractivity contribution in [1.82, 2.24) is 0 Å². The molecule has 6 rings (SSSR count). The summed E-state index contributed by atoms with van der Waals surface area (Å²) in [5, 5.41) is 0. The molecular formula is C42H36Br2O6. The number of rotatable bonds is 8. The van der Waals surface area contributed by atoms with Gasteiger partial charge in [0.05, 0.1) is 16.7 Å². The molecule has 254 valence electrons. The third kappa shape index (κ3) is 6.31. The number of aryl methyl sites for hydroxylation is 2.